The van der Waals surface area contributed by atoms with Gasteiger partial charge in [-0.3, -0.25) is 10.1 Å². The van der Waals surface area contributed by atoms with Crippen molar-refractivity contribution < 1.29 is 14.8 Å². The normalized spacial score (nSPS) is 11.1. The van der Waals surface area contributed by atoms with Crippen LogP contribution in [-0.2, 0) is 0 Å². The molecule has 0 fully saturated rings. The topological polar surface area (TPSA) is 109 Å². The van der Waals surface area contributed by atoms with Crippen molar-refractivity contribution in [2.24, 2.45) is 0 Å². The maximum absolute atomic E-state index is 11.3. The van der Waals surface area contributed by atoms with Crippen LogP contribution in [0.5, 0.6) is 0 Å². The van der Waals surface area contributed by atoms with Crippen LogP contribution in [0.25, 0.3) is 21.8 Å². The van der Waals surface area contributed by atoms with Crippen LogP contribution in [0.2, 0.25) is 0 Å². The summed E-state index contributed by atoms with van der Waals surface area (Å²) in [6.45, 7) is 1.76. The van der Waals surface area contributed by atoms with Crippen molar-refractivity contribution >= 4 is 33.5 Å². The second kappa shape index (κ2) is 4.02. The van der Waals surface area contributed by atoms with Gasteiger partial charge in [-0.15, -0.1) is 0 Å². The largest absolute Gasteiger partial charge is 0.476 e. The van der Waals surface area contributed by atoms with Gasteiger partial charge in [-0.1, -0.05) is 0 Å². The van der Waals surface area contributed by atoms with Crippen LogP contribution in [0.15, 0.2) is 24.4 Å². The molecule has 7 nitrogen and oxygen atoms in total. The minimum absolute atomic E-state index is 0.0555. The Kier molecular flexibility index (Phi) is 2.43. The second-order valence-corrected chi connectivity index (χ2v) is 4.45. The van der Waals surface area contributed by atoms with E-state index in [1.165, 1.54) is 18.2 Å². The number of carboxylic acids is 1. The number of carbonyl (C=O) groups is 1. The van der Waals surface area contributed by atoms with Gasteiger partial charge in [0.2, 0.25) is 0 Å². The van der Waals surface area contributed by atoms with Gasteiger partial charge >= 0.3 is 5.97 Å². The first-order valence-electron chi connectivity index (χ1n) is 5.78. The third-order valence-electron chi connectivity index (χ3n) is 3.21. The number of hydrogen-bond acceptors (Lipinski definition) is 4. The zero-order valence-corrected chi connectivity index (χ0v) is 10.4. The first-order valence-corrected chi connectivity index (χ1v) is 5.78. The molecule has 0 unspecified atom stereocenters. The SMILES string of the molecule is Cc1c[nH]c2c1c(C(=O)O)nc1ccc([N+](=O)[O-])cc12. The first kappa shape index (κ1) is 12.1. The van der Waals surface area contributed by atoms with E-state index in [0.29, 0.717) is 21.8 Å². The van der Waals surface area contributed by atoms with E-state index in [0.717, 1.165) is 5.56 Å². The van der Waals surface area contributed by atoms with Crippen LogP contribution in [0.1, 0.15) is 16.1 Å². The monoisotopic (exact) mass is 271 g/mol. The van der Waals surface area contributed by atoms with E-state index in [4.69, 9.17) is 0 Å². The molecule has 0 aliphatic heterocycles. The van der Waals surface area contributed by atoms with E-state index in [2.05, 4.69) is 9.97 Å². The highest BCUT2D eigenvalue weighted by Crippen LogP contribution is 2.30. The summed E-state index contributed by atoms with van der Waals surface area (Å²) < 4.78 is 0. The third kappa shape index (κ3) is 1.60. The maximum Gasteiger partial charge on any atom is 0.355 e. The van der Waals surface area contributed by atoms with Crippen LogP contribution in [-0.4, -0.2) is 26.0 Å². The highest BCUT2D eigenvalue weighted by molar-refractivity contribution is 6.13. The number of rotatable bonds is 2. The molecular weight excluding hydrogens is 262 g/mol. The zero-order valence-electron chi connectivity index (χ0n) is 10.4. The number of aromatic amines is 1. The molecule has 0 aliphatic rings. The molecule has 7 heteroatoms. The molecular formula is C13H9N3O4. The molecule has 0 atom stereocenters. The molecule has 3 rings (SSSR count). The van der Waals surface area contributed by atoms with E-state index >= 15 is 0 Å². The fourth-order valence-electron chi connectivity index (χ4n) is 2.31. The lowest BCUT2D eigenvalue weighted by atomic mass is 10.1. The Bertz CT molecular complexity index is 882. The lowest BCUT2D eigenvalue weighted by molar-refractivity contribution is -0.384. The van der Waals surface area contributed by atoms with Gasteiger partial charge in [0.05, 0.1) is 16.0 Å². The number of fused-ring (bicyclic) bond motifs is 3. The predicted octanol–water partition coefficient (Wildman–Crippen LogP) is 2.63. The van der Waals surface area contributed by atoms with Crippen molar-refractivity contribution in [3.63, 3.8) is 0 Å². The van der Waals surface area contributed by atoms with Crippen molar-refractivity contribution in [3.8, 4) is 0 Å². The maximum atomic E-state index is 11.3. The van der Waals surface area contributed by atoms with Gasteiger partial charge in [0.25, 0.3) is 5.69 Å². The second-order valence-electron chi connectivity index (χ2n) is 4.45. The number of nitro benzene ring substituents is 1. The van der Waals surface area contributed by atoms with Crippen molar-refractivity contribution in [1.82, 2.24) is 9.97 Å². The number of hydrogen-bond donors (Lipinski definition) is 2. The summed E-state index contributed by atoms with van der Waals surface area (Å²) in [6, 6.07) is 4.16. The molecule has 0 aliphatic carbocycles. The minimum Gasteiger partial charge on any atom is -0.476 e. The Labute approximate surface area is 112 Å². The number of benzene rings is 1. The Hall–Kier alpha value is -2.96. The lowest BCUT2D eigenvalue weighted by Crippen LogP contribution is -2.02. The molecule has 0 radical (unpaired) electrons. The van der Waals surface area contributed by atoms with Gasteiger partial charge in [-0.05, 0) is 18.6 Å². The fraction of sp³-hybridized carbons (Fsp3) is 0.0769. The van der Waals surface area contributed by atoms with Gasteiger partial charge in [0.1, 0.15) is 0 Å². The summed E-state index contributed by atoms with van der Waals surface area (Å²) in [7, 11) is 0. The van der Waals surface area contributed by atoms with Crippen LogP contribution in [0, 0.1) is 17.0 Å². The molecule has 1 aromatic carbocycles. The van der Waals surface area contributed by atoms with Gasteiger partial charge in [-0.2, -0.15) is 0 Å². The number of non-ortho nitro benzene ring substituents is 1. The summed E-state index contributed by atoms with van der Waals surface area (Å²) in [5, 5.41) is 21.1. The predicted molar refractivity (Wildman–Crippen MR) is 72.0 cm³/mol. The lowest BCUT2D eigenvalue weighted by Gasteiger charge is -2.04. The van der Waals surface area contributed by atoms with Crippen LogP contribution in [0.4, 0.5) is 5.69 Å². The molecule has 100 valence electrons. The van der Waals surface area contributed by atoms with Crippen LogP contribution in [0.3, 0.4) is 0 Å². The Morgan fingerprint density at radius 2 is 2.20 bits per heavy atom. The Morgan fingerprint density at radius 3 is 2.85 bits per heavy atom. The minimum atomic E-state index is -1.13. The number of nitro groups is 1. The smallest absolute Gasteiger partial charge is 0.355 e. The summed E-state index contributed by atoms with van der Waals surface area (Å²) in [5.41, 5.74) is 1.57. The Morgan fingerprint density at radius 1 is 1.45 bits per heavy atom. The number of aromatic nitrogens is 2. The molecule has 2 aromatic heterocycles. The number of H-pyrrole nitrogens is 1. The fourth-order valence-corrected chi connectivity index (χ4v) is 2.31. The highest BCUT2D eigenvalue weighted by atomic mass is 16.6. The third-order valence-corrected chi connectivity index (χ3v) is 3.21. The molecule has 2 N–H and O–H groups in total. The number of nitrogens with one attached hydrogen (secondary N) is 1. The van der Waals surface area contributed by atoms with Crippen LogP contribution >= 0.6 is 0 Å². The van der Waals surface area contributed by atoms with Crippen LogP contribution < -0.4 is 0 Å². The summed E-state index contributed by atoms with van der Waals surface area (Å²) in [4.78, 5) is 28.7. The molecule has 0 spiro atoms. The van der Waals surface area contributed by atoms with E-state index in [9.17, 15) is 20.0 Å². The van der Waals surface area contributed by atoms with E-state index in [1.54, 1.807) is 13.1 Å². The molecule has 20 heavy (non-hydrogen) atoms. The number of aromatic carboxylic acids is 1. The average Bonchev–Trinajstić information content (AvgIpc) is 2.79. The molecule has 2 heterocycles. The molecule has 0 bridgehead atoms. The van der Waals surface area contributed by atoms with E-state index in [-0.39, 0.29) is 11.4 Å². The van der Waals surface area contributed by atoms with Gasteiger partial charge in [-0.25, -0.2) is 9.78 Å². The van der Waals surface area contributed by atoms with Crippen molar-refractivity contribution in [2.45, 2.75) is 6.92 Å². The summed E-state index contributed by atoms with van der Waals surface area (Å²) >= 11 is 0. The Balaban J connectivity index is 2.50. The van der Waals surface area contributed by atoms with E-state index in [1.807, 2.05) is 0 Å². The number of pyridine rings is 1. The quantitative estimate of drug-likeness (QED) is 0.550. The van der Waals surface area contributed by atoms with Crippen molar-refractivity contribution in [2.75, 3.05) is 0 Å². The van der Waals surface area contributed by atoms with Crippen molar-refractivity contribution in [3.05, 3.63) is 45.8 Å². The molecule has 0 amide bonds. The molecule has 3 aromatic rings. The zero-order chi connectivity index (χ0) is 14.4. The van der Waals surface area contributed by atoms with Gasteiger partial charge in [0, 0.05) is 29.1 Å². The summed E-state index contributed by atoms with van der Waals surface area (Å²) in [6.07, 6.45) is 1.66. The number of nitrogens with zero attached hydrogens (tertiary/aromatic N) is 2. The van der Waals surface area contributed by atoms with Crippen molar-refractivity contribution in [1.29, 1.82) is 0 Å². The highest BCUT2D eigenvalue weighted by Gasteiger charge is 2.18. The molecule has 0 saturated carbocycles. The number of carboxylic acid groups (broad SMARTS) is 1. The van der Waals surface area contributed by atoms with E-state index < -0.39 is 10.9 Å². The molecule has 0 saturated heterocycles. The number of aryl methyl sites for hydroxylation is 1. The first-order chi connectivity index (χ1) is 9.49. The van der Waals surface area contributed by atoms with Gasteiger partial charge in [0.15, 0.2) is 5.69 Å². The summed E-state index contributed by atoms with van der Waals surface area (Å²) in [5.74, 6) is -1.13. The average molecular weight is 271 g/mol. The standard InChI is InChI=1S/C13H9N3O4/c1-6-5-14-11-8-4-7(16(19)20)2-3-9(8)15-12(10(6)11)13(17)18/h2-5,14H,1H3,(H,17,18). The van der Waals surface area contributed by atoms with Gasteiger partial charge < -0.3 is 10.1 Å².